The fraction of sp³-hybridized carbons (Fsp3) is 0.429. The van der Waals surface area contributed by atoms with E-state index in [2.05, 4.69) is 0 Å². The minimum atomic E-state index is -4.50. The Hall–Kier alpha value is -2.05. The van der Waals surface area contributed by atoms with Crippen molar-refractivity contribution in [3.63, 3.8) is 0 Å². The Morgan fingerprint density at radius 2 is 1.86 bits per heavy atom. The monoisotopic (exact) mass is 303 g/mol. The van der Waals surface area contributed by atoms with Gasteiger partial charge in [0.05, 0.1) is 12.0 Å². The van der Waals surface area contributed by atoms with E-state index < -0.39 is 23.6 Å². The van der Waals surface area contributed by atoms with Gasteiger partial charge in [-0.3, -0.25) is 9.59 Å². The van der Waals surface area contributed by atoms with E-state index in [4.69, 9.17) is 5.11 Å². The Bertz CT molecular complexity index is 514. The molecule has 0 radical (unpaired) electrons. The topological polar surface area (TPSA) is 57.6 Å². The number of aliphatic carboxylic acids is 1. The average Bonchev–Trinajstić information content (AvgIpc) is 2.37. The van der Waals surface area contributed by atoms with Crippen LogP contribution in [-0.2, 0) is 22.2 Å². The van der Waals surface area contributed by atoms with E-state index in [1.54, 1.807) is 0 Å². The van der Waals surface area contributed by atoms with Crippen LogP contribution >= 0.6 is 0 Å². The first-order valence-electron chi connectivity index (χ1n) is 6.32. The lowest BCUT2D eigenvalue weighted by Gasteiger charge is -2.18. The van der Waals surface area contributed by atoms with Crippen molar-refractivity contribution in [1.82, 2.24) is 4.90 Å². The third-order valence-electron chi connectivity index (χ3n) is 2.97. The second-order valence-corrected chi connectivity index (χ2v) is 4.64. The van der Waals surface area contributed by atoms with Crippen LogP contribution in [0.15, 0.2) is 24.3 Å². The first-order chi connectivity index (χ1) is 9.71. The number of amides is 1. The zero-order valence-corrected chi connectivity index (χ0v) is 11.5. The van der Waals surface area contributed by atoms with Crippen LogP contribution in [-0.4, -0.2) is 35.5 Å². The summed E-state index contributed by atoms with van der Waals surface area (Å²) < 4.78 is 38.4. The third-order valence-corrected chi connectivity index (χ3v) is 2.97. The molecule has 0 saturated heterocycles. The normalized spacial score (nSPS) is 11.2. The first-order valence-corrected chi connectivity index (χ1v) is 6.32. The molecule has 4 nitrogen and oxygen atoms in total. The summed E-state index contributed by atoms with van der Waals surface area (Å²) in [7, 11) is 1.44. The van der Waals surface area contributed by atoms with Crippen LogP contribution in [0, 0.1) is 0 Å². The molecule has 0 spiro atoms. The number of alkyl halides is 3. The maximum absolute atomic E-state index is 12.8. The molecule has 0 saturated carbocycles. The van der Waals surface area contributed by atoms with E-state index in [1.807, 2.05) is 0 Å². The predicted octanol–water partition coefficient (Wildman–Crippen LogP) is 2.57. The van der Waals surface area contributed by atoms with Crippen LogP contribution < -0.4 is 0 Å². The van der Waals surface area contributed by atoms with Gasteiger partial charge in [-0.2, -0.15) is 13.2 Å². The van der Waals surface area contributed by atoms with Crippen molar-refractivity contribution in [2.24, 2.45) is 0 Å². The maximum Gasteiger partial charge on any atom is 0.416 e. The minimum absolute atomic E-state index is 0.0833. The second kappa shape index (κ2) is 7.10. The molecular formula is C14H16F3NO3. The van der Waals surface area contributed by atoms with E-state index in [0.717, 1.165) is 6.07 Å². The van der Waals surface area contributed by atoms with Gasteiger partial charge in [-0.15, -0.1) is 0 Å². The van der Waals surface area contributed by atoms with Crippen LogP contribution in [0.2, 0.25) is 0 Å². The molecule has 0 fully saturated rings. The van der Waals surface area contributed by atoms with Crippen LogP contribution in [0.3, 0.4) is 0 Å². The smallest absolute Gasteiger partial charge is 0.416 e. The number of likely N-dealkylation sites (N-methyl/N-ethyl adjacent to an activating group) is 1. The van der Waals surface area contributed by atoms with Gasteiger partial charge in [0.15, 0.2) is 0 Å². The minimum Gasteiger partial charge on any atom is -0.481 e. The van der Waals surface area contributed by atoms with Gasteiger partial charge in [-0.25, -0.2) is 0 Å². The number of carbonyl (C=O) groups is 2. The lowest BCUT2D eigenvalue weighted by atomic mass is 10.0. The third kappa shape index (κ3) is 5.45. The standard InChI is InChI=1S/C14H16F3NO3/c1-18(8-4-7-13(20)21)12(19)9-10-5-2-3-6-11(10)14(15,16)17/h2-3,5-6H,4,7-9H2,1H3,(H,20,21). The number of hydrogen-bond donors (Lipinski definition) is 1. The number of carboxylic acids is 1. The van der Waals surface area contributed by atoms with Crippen molar-refractivity contribution in [3.05, 3.63) is 35.4 Å². The van der Waals surface area contributed by atoms with Crippen molar-refractivity contribution >= 4 is 11.9 Å². The molecule has 0 atom stereocenters. The molecule has 0 aliphatic carbocycles. The van der Waals surface area contributed by atoms with E-state index in [-0.39, 0.29) is 31.4 Å². The van der Waals surface area contributed by atoms with Crippen molar-refractivity contribution < 1.29 is 27.9 Å². The van der Waals surface area contributed by atoms with Gasteiger partial charge in [-0.05, 0) is 18.1 Å². The predicted molar refractivity (Wildman–Crippen MR) is 69.7 cm³/mol. The van der Waals surface area contributed by atoms with E-state index in [1.165, 1.54) is 30.1 Å². The molecule has 0 aromatic heterocycles. The van der Waals surface area contributed by atoms with Crippen molar-refractivity contribution in [2.75, 3.05) is 13.6 Å². The van der Waals surface area contributed by atoms with Gasteiger partial charge >= 0.3 is 12.1 Å². The molecule has 7 heteroatoms. The van der Waals surface area contributed by atoms with Crippen LogP contribution in [0.5, 0.6) is 0 Å². The summed E-state index contributed by atoms with van der Waals surface area (Å²) in [6.45, 7) is 0.194. The number of nitrogens with zero attached hydrogens (tertiary/aromatic N) is 1. The molecule has 1 aromatic rings. The van der Waals surface area contributed by atoms with E-state index in [9.17, 15) is 22.8 Å². The van der Waals surface area contributed by atoms with E-state index in [0.29, 0.717) is 0 Å². The van der Waals surface area contributed by atoms with Crippen LogP contribution in [0.1, 0.15) is 24.0 Å². The molecular weight excluding hydrogens is 287 g/mol. The summed E-state index contributed by atoms with van der Waals surface area (Å²) in [4.78, 5) is 23.5. The number of carboxylic acid groups (broad SMARTS) is 1. The maximum atomic E-state index is 12.8. The Labute approximate surface area is 120 Å². The van der Waals surface area contributed by atoms with Gasteiger partial charge in [0, 0.05) is 20.0 Å². The van der Waals surface area contributed by atoms with Crippen molar-refractivity contribution in [3.8, 4) is 0 Å². The number of halogens is 3. The number of benzene rings is 1. The van der Waals surface area contributed by atoms with Crippen molar-refractivity contribution in [2.45, 2.75) is 25.4 Å². The fourth-order valence-corrected chi connectivity index (χ4v) is 1.84. The summed E-state index contributed by atoms with van der Waals surface area (Å²) in [5.41, 5.74) is -0.905. The largest absolute Gasteiger partial charge is 0.481 e. The quantitative estimate of drug-likeness (QED) is 0.878. The van der Waals surface area contributed by atoms with Gasteiger partial charge in [0.25, 0.3) is 0 Å². The zero-order valence-electron chi connectivity index (χ0n) is 11.5. The zero-order chi connectivity index (χ0) is 16.0. The average molecular weight is 303 g/mol. The summed E-state index contributed by atoms with van der Waals surface area (Å²) in [5.74, 6) is -1.45. The highest BCUT2D eigenvalue weighted by molar-refractivity contribution is 5.79. The molecule has 1 rings (SSSR count). The van der Waals surface area contributed by atoms with Gasteiger partial charge in [0.2, 0.25) is 5.91 Å². The Balaban J connectivity index is 2.69. The molecule has 0 unspecified atom stereocenters. The molecule has 0 aliphatic rings. The number of rotatable bonds is 6. The Morgan fingerprint density at radius 1 is 1.24 bits per heavy atom. The highest BCUT2D eigenvalue weighted by atomic mass is 19.4. The summed E-state index contributed by atoms with van der Waals surface area (Å²) in [5, 5.41) is 8.50. The van der Waals surface area contributed by atoms with Gasteiger partial charge in [0.1, 0.15) is 0 Å². The van der Waals surface area contributed by atoms with Crippen molar-refractivity contribution in [1.29, 1.82) is 0 Å². The second-order valence-electron chi connectivity index (χ2n) is 4.64. The Morgan fingerprint density at radius 3 is 2.43 bits per heavy atom. The fourth-order valence-electron chi connectivity index (χ4n) is 1.84. The highest BCUT2D eigenvalue weighted by Gasteiger charge is 2.33. The number of carbonyl (C=O) groups excluding carboxylic acids is 1. The van der Waals surface area contributed by atoms with Gasteiger partial charge in [-0.1, -0.05) is 18.2 Å². The van der Waals surface area contributed by atoms with Gasteiger partial charge < -0.3 is 10.0 Å². The molecule has 116 valence electrons. The molecule has 1 aromatic carbocycles. The summed E-state index contributed by atoms with van der Waals surface area (Å²) in [6, 6.07) is 4.93. The van der Waals surface area contributed by atoms with E-state index >= 15 is 0 Å². The molecule has 0 aliphatic heterocycles. The SMILES string of the molecule is CN(CCCC(=O)O)C(=O)Cc1ccccc1C(F)(F)F. The molecule has 0 heterocycles. The molecule has 1 N–H and O–H groups in total. The lowest BCUT2D eigenvalue weighted by Crippen LogP contribution is -2.30. The molecule has 1 amide bonds. The lowest BCUT2D eigenvalue weighted by molar-refractivity contribution is -0.139. The molecule has 21 heavy (non-hydrogen) atoms. The first kappa shape index (κ1) is 17.0. The number of hydrogen-bond acceptors (Lipinski definition) is 2. The highest BCUT2D eigenvalue weighted by Crippen LogP contribution is 2.32. The Kier molecular flexibility index (Phi) is 5.75. The molecule has 0 bridgehead atoms. The van der Waals surface area contributed by atoms with Crippen LogP contribution in [0.4, 0.5) is 13.2 Å². The summed E-state index contributed by atoms with van der Waals surface area (Å²) >= 11 is 0. The summed E-state index contributed by atoms with van der Waals surface area (Å²) in [6.07, 6.45) is -4.69. The van der Waals surface area contributed by atoms with Crippen LogP contribution in [0.25, 0.3) is 0 Å².